The van der Waals surface area contributed by atoms with Crippen molar-refractivity contribution in [2.24, 2.45) is 0 Å². The predicted molar refractivity (Wildman–Crippen MR) is 152 cm³/mol. The van der Waals surface area contributed by atoms with Crippen molar-refractivity contribution < 1.29 is 4.79 Å². The molecule has 0 unspecified atom stereocenters. The molecule has 1 heterocycles. The van der Waals surface area contributed by atoms with Crippen LogP contribution in [0.25, 0.3) is 11.8 Å². The Balaban J connectivity index is 1.82. The van der Waals surface area contributed by atoms with Crippen molar-refractivity contribution in [2.75, 3.05) is 11.9 Å². The number of hydrogen-bond donors (Lipinski definition) is 3. The number of halogens is 2. The van der Waals surface area contributed by atoms with Crippen molar-refractivity contribution >= 4 is 63.6 Å². The number of rotatable bonds is 11. The van der Waals surface area contributed by atoms with E-state index in [2.05, 4.69) is 35.8 Å². The van der Waals surface area contributed by atoms with Crippen LogP contribution in [0.2, 0.25) is 10.0 Å². The Labute approximate surface area is 221 Å². The maximum atomic E-state index is 12.4. The van der Waals surface area contributed by atoms with Crippen LogP contribution in [-0.4, -0.2) is 18.2 Å². The zero-order chi connectivity index (χ0) is 25.2. The van der Waals surface area contributed by atoms with Gasteiger partial charge in [-0.2, -0.15) is 0 Å². The number of unbranched alkanes of at least 4 members (excludes halogenated alkanes) is 1. The van der Waals surface area contributed by atoms with Crippen molar-refractivity contribution in [1.82, 2.24) is 5.32 Å². The lowest BCUT2D eigenvalue weighted by Crippen LogP contribution is -2.31. The predicted octanol–water partition coefficient (Wildman–Crippen LogP) is 8.09. The number of carbonyl (C=O) groups is 1. The van der Waals surface area contributed by atoms with Gasteiger partial charge >= 0.3 is 0 Å². The Morgan fingerprint density at radius 3 is 2.57 bits per heavy atom. The average molecular weight is 527 g/mol. The summed E-state index contributed by atoms with van der Waals surface area (Å²) in [7, 11) is 0. The summed E-state index contributed by atoms with van der Waals surface area (Å²) in [6.07, 6.45) is 6.69. The molecular weight excluding hydrogens is 497 g/mol. The molecule has 3 rings (SSSR count). The van der Waals surface area contributed by atoms with Crippen molar-refractivity contribution in [3.63, 3.8) is 0 Å². The van der Waals surface area contributed by atoms with Gasteiger partial charge in [-0.05, 0) is 60.9 Å². The molecule has 0 radical (unpaired) electrons. The lowest BCUT2D eigenvalue weighted by atomic mass is 10.1. The van der Waals surface area contributed by atoms with Gasteiger partial charge in [-0.3, -0.25) is 4.79 Å². The van der Waals surface area contributed by atoms with Gasteiger partial charge in [-0.25, -0.2) is 0 Å². The van der Waals surface area contributed by atoms with Crippen molar-refractivity contribution in [1.29, 1.82) is 5.41 Å². The van der Waals surface area contributed by atoms with Gasteiger partial charge in [0.2, 0.25) is 5.91 Å². The summed E-state index contributed by atoms with van der Waals surface area (Å²) in [5.41, 5.74) is 3.45. The molecule has 0 saturated carbocycles. The minimum atomic E-state index is -0.122. The molecule has 0 atom stereocenters. The minimum Gasteiger partial charge on any atom is -0.353 e. The first-order chi connectivity index (χ1) is 16.9. The highest BCUT2D eigenvalue weighted by atomic mass is 35.5. The van der Waals surface area contributed by atoms with Crippen LogP contribution in [0, 0.1) is 5.41 Å². The first kappa shape index (κ1) is 26.7. The van der Waals surface area contributed by atoms with E-state index in [1.165, 1.54) is 0 Å². The van der Waals surface area contributed by atoms with Crippen molar-refractivity contribution in [2.45, 2.75) is 33.1 Å². The fourth-order valence-corrected chi connectivity index (χ4v) is 4.78. The number of amides is 1. The first-order valence-corrected chi connectivity index (χ1v) is 13.0. The number of thiophene rings is 1. The Bertz CT molecular complexity index is 1230. The Morgan fingerprint density at radius 1 is 1.09 bits per heavy atom. The number of benzene rings is 2. The van der Waals surface area contributed by atoms with Crippen LogP contribution < -0.4 is 10.6 Å². The quantitative estimate of drug-likeness (QED) is 0.221. The monoisotopic (exact) mass is 525 g/mol. The summed E-state index contributed by atoms with van der Waals surface area (Å²) in [5.74, 6) is -0.122. The summed E-state index contributed by atoms with van der Waals surface area (Å²) in [6.45, 7) is 4.16. The Kier molecular flexibility index (Phi) is 10.2. The van der Waals surface area contributed by atoms with Gasteiger partial charge in [0.25, 0.3) is 0 Å². The summed E-state index contributed by atoms with van der Waals surface area (Å²) < 4.78 is 0. The summed E-state index contributed by atoms with van der Waals surface area (Å²) >= 11 is 14.1. The molecule has 182 valence electrons. The van der Waals surface area contributed by atoms with Gasteiger partial charge in [0.05, 0.1) is 40.0 Å². The molecule has 35 heavy (non-hydrogen) atoms. The second-order valence-electron chi connectivity index (χ2n) is 8.06. The Morgan fingerprint density at radius 2 is 1.86 bits per heavy atom. The molecule has 0 aliphatic heterocycles. The third-order valence-electron chi connectivity index (χ3n) is 5.30. The zero-order valence-corrected chi connectivity index (χ0v) is 22.2. The van der Waals surface area contributed by atoms with E-state index < -0.39 is 0 Å². The van der Waals surface area contributed by atoms with Crippen LogP contribution in [0.5, 0.6) is 0 Å². The molecule has 7 heteroatoms. The molecule has 1 amide bonds. The van der Waals surface area contributed by atoms with E-state index in [0.29, 0.717) is 21.4 Å². The molecule has 4 nitrogen and oxygen atoms in total. The molecule has 0 spiro atoms. The first-order valence-electron chi connectivity index (χ1n) is 11.5. The number of hydrogen-bond acceptors (Lipinski definition) is 4. The second-order valence-corrected chi connectivity index (χ2v) is 10.0. The van der Waals surface area contributed by atoms with E-state index in [1.807, 2.05) is 49.4 Å². The molecule has 2 aromatic carbocycles. The third-order valence-corrected chi connectivity index (χ3v) is 6.91. The van der Waals surface area contributed by atoms with Crippen LogP contribution in [0.1, 0.15) is 42.0 Å². The summed E-state index contributed by atoms with van der Waals surface area (Å²) in [6, 6.07) is 18.9. The van der Waals surface area contributed by atoms with E-state index in [4.69, 9.17) is 28.6 Å². The summed E-state index contributed by atoms with van der Waals surface area (Å²) in [4.78, 5) is 14.5. The SMILES string of the molecule is CCC/C=C/c1ccc(/C(Nc2ccc(Cl)cc2Cl)=C(\C)C(=N)CNC(=O)Cc2ccccc2)s1. The Hall–Kier alpha value is -2.86. The fourth-order valence-electron chi connectivity index (χ4n) is 3.32. The topological polar surface area (TPSA) is 65.0 Å². The lowest BCUT2D eigenvalue weighted by molar-refractivity contribution is -0.120. The van der Waals surface area contributed by atoms with Gasteiger partial charge in [0, 0.05) is 9.90 Å². The average Bonchev–Trinajstić information content (AvgIpc) is 3.31. The molecule has 0 aliphatic carbocycles. The molecule has 3 aromatic rings. The van der Waals surface area contributed by atoms with Gasteiger partial charge in [-0.15, -0.1) is 11.3 Å². The van der Waals surface area contributed by atoms with Crippen LogP contribution in [0.15, 0.2) is 72.3 Å². The maximum Gasteiger partial charge on any atom is 0.224 e. The number of allylic oxidation sites excluding steroid dienone is 1. The van der Waals surface area contributed by atoms with Crippen LogP contribution in [0.3, 0.4) is 0 Å². The van der Waals surface area contributed by atoms with Gasteiger partial charge in [0.1, 0.15) is 0 Å². The highest BCUT2D eigenvalue weighted by Gasteiger charge is 2.15. The fraction of sp³-hybridized carbons (Fsp3) is 0.214. The number of anilines is 1. The van der Waals surface area contributed by atoms with E-state index in [9.17, 15) is 4.79 Å². The molecule has 0 saturated heterocycles. The number of nitrogens with one attached hydrogen (secondary N) is 3. The van der Waals surface area contributed by atoms with Gasteiger partial charge < -0.3 is 16.0 Å². The maximum absolute atomic E-state index is 12.4. The largest absolute Gasteiger partial charge is 0.353 e. The molecular formula is C28H29Cl2N3OS. The standard InChI is InChI=1S/C28H29Cl2N3OS/c1-3-4-6-11-22-13-15-26(35-22)28(33-25-14-12-21(29)17-23(25)30)19(2)24(31)18-32-27(34)16-20-9-7-5-8-10-20/h5-15,17,31,33H,3-4,16,18H2,1-2H3,(H,32,34)/b11-6+,28-19-,31-24?. The molecule has 0 aliphatic rings. The van der Waals surface area contributed by atoms with Crippen LogP contribution in [-0.2, 0) is 11.2 Å². The molecule has 3 N–H and O–H groups in total. The normalized spacial score (nSPS) is 11.9. The van der Waals surface area contributed by atoms with Gasteiger partial charge in [-0.1, -0.05) is 73.0 Å². The van der Waals surface area contributed by atoms with E-state index >= 15 is 0 Å². The van der Waals surface area contributed by atoms with E-state index in [1.54, 1.807) is 23.5 Å². The van der Waals surface area contributed by atoms with Crippen LogP contribution >= 0.6 is 34.5 Å². The van der Waals surface area contributed by atoms with Crippen molar-refractivity contribution in [3.05, 3.63) is 97.7 Å². The lowest BCUT2D eigenvalue weighted by Gasteiger charge is -2.16. The van der Waals surface area contributed by atoms with E-state index in [0.717, 1.165) is 39.4 Å². The minimum absolute atomic E-state index is 0.122. The third kappa shape index (κ3) is 8.10. The summed E-state index contributed by atoms with van der Waals surface area (Å²) in [5, 5.41) is 16.0. The highest BCUT2D eigenvalue weighted by molar-refractivity contribution is 7.14. The molecule has 1 aromatic heterocycles. The highest BCUT2D eigenvalue weighted by Crippen LogP contribution is 2.33. The zero-order valence-electron chi connectivity index (χ0n) is 19.8. The molecule has 0 bridgehead atoms. The van der Waals surface area contributed by atoms with E-state index in [-0.39, 0.29) is 18.9 Å². The molecule has 0 fully saturated rings. The van der Waals surface area contributed by atoms with Gasteiger partial charge in [0.15, 0.2) is 0 Å². The second kappa shape index (κ2) is 13.3. The van der Waals surface area contributed by atoms with Crippen molar-refractivity contribution in [3.8, 4) is 0 Å². The smallest absolute Gasteiger partial charge is 0.224 e. The van der Waals surface area contributed by atoms with Crippen LogP contribution in [0.4, 0.5) is 5.69 Å². The number of carbonyl (C=O) groups excluding carboxylic acids is 1.